The molecule has 0 bridgehead atoms. The molecule has 3 atom stereocenters. The minimum atomic E-state index is -0.856. The molecular weight excluding hydrogens is 444 g/mol. The maximum Gasteiger partial charge on any atom is 0.286 e. The van der Waals surface area contributed by atoms with Gasteiger partial charge in [0.05, 0.1) is 12.0 Å². The van der Waals surface area contributed by atoms with Gasteiger partial charge in [0, 0.05) is 26.7 Å². The van der Waals surface area contributed by atoms with Crippen LogP contribution in [0.1, 0.15) is 62.0 Å². The van der Waals surface area contributed by atoms with E-state index in [4.69, 9.17) is 9.15 Å². The quantitative estimate of drug-likeness (QED) is 0.394. The van der Waals surface area contributed by atoms with Gasteiger partial charge in [-0.1, -0.05) is 50.2 Å². The zero-order chi connectivity index (χ0) is 22.9. The highest BCUT2D eigenvalue weighted by Gasteiger charge is 2.35. The van der Waals surface area contributed by atoms with E-state index in [1.807, 2.05) is 6.07 Å². The van der Waals surface area contributed by atoms with Gasteiger partial charge in [-0.2, -0.15) is 0 Å². The Morgan fingerprint density at radius 3 is 2.61 bits per heavy atom. The number of thioether (sulfide) groups is 1. The topological polar surface area (TPSA) is 123 Å². The molecule has 1 fully saturated rings. The smallest absolute Gasteiger partial charge is 0.286 e. The van der Waals surface area contributed by atoms with Crippen LogP contribution in [0.2, 0.25) is 0 Å². The van der Waals surface area contributed by atoms with Crippen LogP contribution in [-0.4, -0.2) is 59.9 Å². The van der Waals surface area contributed by atoms with Crippen LogP contribution in [0.15, 0.2) is 40.0 Å². The number of rotatable bonds is 10. The number of hydrogen-bond donors (Lipinski definition) is 2. The molecule has 1 aliphatic rings. The highest BCUT2D eigenvalue weighted by Crippen LogP contribution is 2.25. The molecule has 10 heteroatoms. The molecule has 1 saturated carbocycles. The maximum absolute atomic E-state index is 13.2. The number of aromatic nitrogens is 2. The summed E-state index contributed by atoms with van der Waals surface area (Å²) in [6.45, 7) is 0.277. The number of benzene rings is 1. The van der Waals surface area contributed by atoms with E-state index in [0.29, 0.717) is 18.4 Å². The highest BCUT2D eigenvalue weighted by molar-refractivity contribution is 7.98. The van der Waals surface area contributed by atoms with Crippen LogP contribution in [-0.2, 0) is 9.53 Å². The second-order valence-corrected chi connectivity index (χ2v) is 8.38. The summed E-state index contributed by atoms with van der Waals surface area (Å²) in [5.41, 5.74) is 0.548. The Morgan fingerprint density at radius 1 is 1.21 bits per heavy atom. The van der Waals surface area contributed by atoms with E-state index in [-0.39, 0.29) is 50.9 Å². The van der Waals surface area contributed by atoms with E-state index in [9.17, 15) is 14.4 Å². The van der Waals surface area contributed by atoms with Crippen LogP contribution in [0.3, 0.4) is 0 Å². The molecule has 2 aromatic rings. The zero-order valence-electron chi connectivity index (χ0n) is 18.2. The number of nitrogens with zero attached hydrogens (tertiary/aromatic N) is 2. The SMILES string of the molecule is C.COCC[C@H](NC(=O)[C@@H]1CCCC[C@@H]1NC(=O)c1ccccc1)C(=O)c1nnc(SC)o1.[HH]. The number of ether oxygens (including phenoxy) is 1. The summed E-state index contributed by atoms with van der Waals surface area (Å²) >= 11 is 1.23. The Kier molecular flexibility index (Phi) is 10.5. The minimum Gasteiger partial charge on any atom is -0.408 e. The second kappa shape index (κ2) is 13.1. The first-order chi connectivity index (χ1) is 15.5. The van der Waals surface area contributed by atoms with Gasteiger partial charge < -0.3 is 19.8 Å². The molecule has 9 nitrogen and oxygen atoms in total. The van der Waals surface area contributed by atoms with Crippen LogP contribution in [0.25, 0.3) is 0 Å². The number of Topliss-reactive ketones (excluding diaryl/α,β-unsaturated/α-hetero) is 1. The van der Waals surface area contributed by atoms with Crippen molar-refractivity contribution in [1.82, 2.24) is 20.8 Å². The summed E-state index contributed by atoms with van der Waals surface area (Å²) in [6.07, 6.45) is 5.18. The third kappa shape index (κ3) is 7.13. The van der Waals surface area contributed by atoms with Gasteiger partial charge in [0.2, 0.25) is 11.7 Å². The molecule has 1 aromatic carbocycles. The van der Waals surface area contributed by atoms with E-state index < -0.39 is 17.7 Å². The molecule has 1 heterocycles. The molecule has 3 rings (SSSR count). The third-order valence-corrected chi connectivity index (χ3v) is 6.00. The van der Waals surface area contributed by atoms with E-state index in [1.54, 1.807) is 30.5 Å². The van der Waals surface area contributed by atoms with Gasteiger partial charge in [0.15, 0.2) is 0 Å². The predicted octanol–water partition coefficient (Wildman–Crippen LogP) is 3.37. The lowest BCUT2D eigenvalue weighted by Gasteiger charge is -2.32. The summed E-state index contributed by atoms with van der Waals surface area (Å²) in [4.78, 5) is 38.7. The fraction of sp³-hybridized carbons (Fsp3) is 0.522. The third-order valence-electron chi connectivity index (χ3n) is 5.49. The average molecular weight is 479 g/mol. The lowest BCUT2D eigenvalue weighted by molar-refractivity contribution is -0.127. The average Bonchev–Trinajstić information content (AvgIpc) is 3.31. The second-order valence-electron chi connectivity index (χ2n) is 7.62. The molecule has 1 aromatic heterocycles. The molecule has 0 radical (unpaired) electrons. The van der Waals surface area contributed by atoms with Gasteiger partial charge in [0.1, 0.15) is 0 Å². The molecule has 0 unspecified atom stereocenters. The fourth-order valence-electron chi connectivity index (χ4n) is 3.78. The summed E-state index contributed by atoms with van der Waals surface area (Å²) in [6, 6.07) is 7.75. The van der Waals surface area contributed by atoms with Crippen molar-refractivity contribution in [3.63, 3.8) is 0 Å². The normalized spacial score (nSPS) is 18.6. The zero-order valence-corrected chi connectivity index (χ0v) is 19.0. The van der Waals surface area contributed by atoms with Crippen LogP contribution >= 0.6 is 11.8 Å². The number of carbonyl (C=O) groups is 3. The molecule has 2 N–H and O–H groups in total. The van der Waals surface area contributed by atoms with Crippen molar-refractivity contribution in [2.24, 2.45) is 5.92 Å². The Labute approximate surface area is 199 Å². The maximum atomic E-state index is 13.2. The van der Waals surface area contributed by atoms with Gasteiger partial charge in [-0.15, -0.1) is 10.2 Å². The highest BCUT2D eigenvalue weighted by atomic mass is 32.2. The van der Waals surface area contributed by atoms with Crippen molar-refractivity contribution in [3.8, 4) is 0 Å². The number of hydrogen-bond acceptors (Lipinski definition) is 8. The van der Waals surface area contributed by atoms with Crippen LogP contribution in [0.4, 0.5) is 0 Å². The monoisotopic (exact) mass is 478 g/mol. The Morgan fingerprint density at radius 2 is 1.94 bits per heavy atom. The molecule has 0 spiro atoms. The first-order valence-electron chi connectivity index (χ1n) is 10.6. The molecular formula is C23H34N4O5S. The van der Waals surface area contributed by atoms with Crippen molar-refractivity contribution in [3.05, 3.63) is 41.8 Å². The number of nitrogens with one attached hydrogen (secondary N) is 2. The summed E-state index contributed by atoms with van der Waals surface area (Å²) in [5, 5.41) is 13.7. The van der Waals surface area contributed by atoms with E-state index >= 15 is 0 Å². The summed E-state index contributed by atoms with van der Waals surface area (Å²) in [5.74, 6) is -1.52. The molecule has 0 aliphatic heterocycles. The Hall–Kier alpha value is -2.72. The van der Waals surface area contributed by atoms with E-state index in [2.05, 4.69) is 20.8 Å². The van der Waals surface area contributed by atoms with E-state index in [1.165, 1.54) is 18.9 Å². The van der Waals surface area contributed by atoms with Crippen molar-refractivity contribution in [2.45, 2.75) is 56.8 Å². The molecule has 182 valence electrons. The van der Waals surface area contributed by atoms with Gasteiger partial charge in [0.25, 0.3) is 17.0 Å². The predicted molar refractivity (Wildman–Crippen MR) is 127 cm³/mol. The van der Waals surface area contributed by atoms with Gasteiger partial charge in [-0.25, -0.2) is 0 Å². The molecule has 0 saturated heterocycles. The standard InChI is InChI=1S/C22H28N4O5S.CH4.H2/c1-30-13-12-17(18(27)21-25-26-22(31-21)32-2)24-20(29)15-10-6-7-11-16(15)23-19(28)14-8-4-3-5-9-14;;/h3-5,8-9,15-17H,6-7,10-13H2,1-2H3,(H,23,28)(H,24,29);1H4;1H/t15-,16+,17+;;/m1../s1. The first kappa shape index (κ1) is 26.5. The summed E-state index contributed by atoms with van der Waals surface area (Å²) in [7, 11) is 1.53. The minimum absolute atomic E-state index is 0. The lowest BCUT2D eigenvalue weighted by atomic mass is 9.83. The number of ketones is 1. The van der Waals surface area contributed by atoms with Crippen LogP contribution < -0.4 is 10.6 Å². The van der Waals surface area contributed by atoms with Gasteiger partial charge in [-0.3, -0.25) is 14.4 Å². The van der Waals surface area contributed by atoms with Crippen molar-refractivity contribution < 1.29 is 25.0 Å². The van der Waals surface area contributed by atoms with Gasteiger partial charge >= 0.3 is 0 Å². The van der Waals surface area contributed by atoms with Gasteiger partial charge in [-0.05, 0) is 37.7 Å². The first-order valence-corrected chi connectivity index (χ1v) is 11.8. The Balaban J connectivity index is 0.00000289. The molecule has 1 aliphatic carbocycles. The van der Waals surface area contributed by atoms with Crippen LogP contribution in [0, 0.1) is 5.92 Å². The molecule has 2 amide bonds. The lowest BCUT2D eigenvalue weighted by Crippen LogP contribution is -2.52. The van der Waals surface area contributed by atoms with Crippen molar-refractivity contribution in [1.29, 1.82) is 0 Å². The fourth-order valence-corrected chi connectivity index (χ4v) is 4.07. The molecule has 33 heavy (non-hydrogen) atoms. The Bertz CT molecular complexity index is 927. The van der Waals surface area contributed by atoms with E-state index in [0.717, 1.165) is 12.8 Å². The van der Waals surface area contributed by atoms with Crippen molar-refractivity contribution in [2.75, 3.05) is 20.0 Å². The largest absolute Gasteiger partial charge is 0.408 e. The number of methoxy groups -OCH3 is 1. The number of carbonyl (C=O) groups excluding carboxylic acids is 3. The van der Waals surface area contributed by atoms with Crippen LogP contribution in [0.5, 0.6) is 0 Å². The number of amides is 2. The van der Waals surface area contributed by atoms with Crippen molar-refractivity contribution >= 4 is 29.4 Å². The summed E-state index contributed by atoms with van der Waals surface area (Å²) < 4.78 is 10.5.